The first-order valence-corrected chi connectivity index (χ1v) is 7.20. The number of aryl methyl sites for hydroxylation is 1. The summed E-state index contributed by atoms with van der Waals surface area (Å²) in [6.07, 6.45) is 0.943. The summed E-state index contributed by atoms with van der Waals surface area (Å²) >= 11 is 0. The number of nitrogens with zero attached hydrogens (tertiary/aromatic N) is 1. The number of methoxy groups -OCH3 is 2. The van der Waals surface area contributed by atoms with Crippen LogP contribution in [0.4, 0.5) is 0 Å². The minimum atomic E-state index is 0.0868. The predicted octanol–water partition coefficient (Wildman–Crippen LogP) is 1.98. The summed E-state index contributed by atoms with van der Waals surface area (Å²) in [4.78, 5) is 2.34. The van der Waals surface area contributed by atoms with E-state index in [4.69, 9.17) is 15.2 Å². The van der Waals surface area contributed by atoms with E-state index in [1.54, 1.807) is 14.2 Å². The summed E-state index contributed by atoms with van der Waals surface area (Å²) < 4.78 is 10.3. The highest BCUT2D eigenvalue weighted by Gasteiger charge is 2.11. The van der Waals surface area contributed by atoms with Gasteiger partial charge in [0.2, 0.25) is 0 Å². The van der Waals surface area contributed by atoms with E-state index in [-0.39, 0.29) is 6.04 Å². The van der Waals surface area contributed by atoms with E-state index in [1.807, 2.05) is 0 Å². The van der Waals surface area contributed by atoms with Gasteiger partial charge in [-0.25, -0.2) is 0 Å². The van der Waals surface area contributed by atoms with Gasteiger partial charge in [-0.3, -0.25) is 4.90 Å². The van der Waals surface area contributed by atoms with Crippen molar-refractivity contribution in [1.29, 1.82) is 0 Å². The van der Waals surface area contributed by atoms with Crippen LogP contribution in [0.5, 0.6) is 0 Å². The van der Waals surface area contributed by atoms with Gasteiger partial charge < -0.3 is 15.2 Å². The summed E-state index contributed by atoms with van der Waals surface area (Å²) in [6, 6.07) is 8.42. The van der Waals surface area contributed by atoms with Gasteiger partial charge in [-0.05, 0) is 24.5 Å². The number of benzene rings is 1. The molecular weight excluding hydrogens is 252 g/mol. The molecule has 4 heteroatoms. The predicted molar refractivity (Wildman–Crippen MR) is 82.9 cm³/mol. The van der Waals surface area contributed by atoms with E-state index < -0.39 is 0 Å². The van der Waals surface area contributed by atoms with Crippen LogP contribution in [-0.4, -0.2) is 52.0 Å². The van der Waals surface area contributed by atoms with Crippen LogP contribution >= 0.6 is 0 Å². The fraction of sp³-hybridized carbons (Fsp3) is 0.625. The highest BCUT2D eigenvalue weighted by molar-refractivity contribution is 5.28. The van der Waals surface area contributed by atoms with Gasteiger partial charge >= 0.3 is 0 Å². The molecule has 0 amide bonds. The van der Waals surface area contributed by atoms with Crippen molar-refractivity contribution in [2.75, 3.05) is 47.1 Å². The summed E-state index contributed by atoms with van der Waals surface area (Å²) in [5.41, 5.74) is 8.82. The molecule has 4 nitrogen and oxygen atoms in total. The zero-order valence-corrected chi connectivity index (χ0v) is 13.0. The topological polar surface area (TPSA) is 47.7 Å². The third-order valence-corrected chi connectivity index (χ3v) is 3.57. The largest absolute Gasteiger partial charge is 0.383 e. The van der Waals surface area contributed by atoms with Crippen LogP contribution in [0.1, 0.15) is 23.6 Å². The number of rotatable bonds is 10. The molecule has 20 heavy (non-hydrogen) atoms. The van der Waals surface area contributed by atoms with Gasteiger partial charge in [-0.2, -0.15) is 0 Å². The van der Waals surface area contributed by atoms with Crippen molar-refractivity contribution in [3.63, 3.8) is 0 Å². The average molecular weight is 280 g/mol. The van der Waals surface area contributed by atoms with Crippen molar-refractivity contribution in [3.05, 3.63) is 35.4 Å². The first-order valence-electron chi connectivity index (χ1n) is 7.20. The van der Waals surface area contributed by atoms with Gasteiger partial charge in [0.15, 0.2) is 0 Å². The highest BCUT2D eigenvalue weighted by Crippen LogP contribution is 2.18. The Bertz CT molecular complexity index is 363. The Morgan fingerprint density at radius 3 is 2.20 bits per heavy atom. The van der Waals surface area contributed by atoms with Crippen molar-refractivity contribution in [1.82, 2.24) is 4.90 Å². The van der Waals surface area contributed by atoms with Crippen LogP contribution in [0.2, 0.25) is 0 Å². The molecule has 0 aromatic heterocycles. The number of hydrogen-bond acceptors (Lipinski definition) is 4. The summed E-state index contributed by atoms with van der Waals surface area (Å²) in [5.74, 6) is 0. The fourth-order valence-electron chi connectivity index (χ4n) is 2.26. The van der Waals surface area contributed by atoms with Crippen molar-refractivity contribution >= 4 is 0 Å². The lowest BCUT2D eigenvalue weighted by molar-refractivity contribution is 0.112. The SMILES string of the molecule is COCCN(CCOC)CCC(N)c1ccccc1C. The fourth-order valence-corrected chi connectivity index (χ4v) is 2.26. The quantitative estimate of drug-likeness (QED) is 0.712. The maximum Gasteiger partial charge on any atom is 0.0589 e. The summed E-state index contributed by atoms with van der Waals surface area (Å²) in [7, 11) is 3.46. The highest BCUT2D eigenvalue weighted by atomic mass is 16.5. The van der Waals surface area contributed by atoms with E-state index in [0.717, 1.165) is 39.3 Å². The molecular formula is C16H28N2O2. The second-order valence-corrected chi connectivity index (χ2v) is 5.08. The molecule has 0 aliphatic carbocycles. The molecule has 1 aromatic rings. The lowest BCUT2D eigenvalue weighted by Gasteiger charge is -2.24. The van der Waals surface area contributed by atoms with Crippen molar-refractivity contribution in [2.45, 2.75) is 19.4 Å². The maximum absolute atomic E-state index is 6.31. The second-order valence-electron chi connectivity index (χ2n) is 5.08. The van der Waals surface area contributed by atoms with Crippen LogP contribution in [0.25, 0.3) is 0 Å². The van der Waals surface area contributed by atoms with Gasteiger partial charge in [-0.1, -0.05) is 24.3 Å². The van der Waals surface area contributed by atoms with Crippen LogP contribution in [0.15, 0.2) is 24.3 Å². The van der Waals surface area contributed by atoms with E-state index >= 15 is 0 Å². The lowest BCUT2D eigenvalue weighted by Crippen LogP contribution is -2.33. The van der Waals surface area contributed by atoms with E-state index in [1.165, 1.54) is 11.1 Å². The number of nitrogens with two attached hydrogens (primary N) is 1. The average Bonchev–Trinajstić information content (AvgIpc) is 2.46. The maximum atomic E-state index is 6.31. The van der Waals surface area contributed by atoms with Crippen LogP contribution in [0, 0.1) is 6.92 Å². The number of hydrogen-bond donors (Lipinski definition) is 1. The van der Waals surface area contributed by atoms with Crippen LogP contribution in [-0.2, 0) is 9.47 Å². The summed E-state index contributed by atoms with van der Waals surface area (Å²) in [6.45, 7) is 6.39. The zero-order valence-electron chi connectivity index (χ0n) is 13.0. The zero-order chi connectivity index (χ0) is 14.8. The standard InChI is InChI=1S/C16H28N2O2/c1-14-6-4-5-7-15(14)16(17)8-9-18(10-12-19-2)11-13-20-3/h4-7,16H,8-13,17H2,1-3H3. The smallest absolute Gasteiger partial charge is 0.0589 e. The molecule has 1 atom stereocenters. The molecule has 1 unspecified atom stereocenters. The molecule has 0 bridgehead atoms. The van der Waals surface area contributed by atoms with Crippen molar-refractivity contribution in [2.24, 2.45) is 5.73 Å². The molecule has 1 aromatic carbocycles. The number of ether oxygens (including phenoxy) is 2. The van der Waals surface area contributed by atoms with Gasteiger partial charge in [-0.15, -0.1) is 0 Å². The molecule has 1 rings (SSSR count). The Kier molecular flexibility index (Phi) is 8.46. The molecule has 0 fully saturated rings. The first-order chi connectivity index (χ1) is 9.69. The Balaban J connectivity index is 2.46. The van der Waals surface area contributed by atoms with Crippen molar-refractivity contribution in [3.8, 4) is 0 Å². The molecule has 2 N–H and O–H groups in total. The van der Waals surface area contributed by atoms with E-state index in [0.29, 0.717) is 0 Å². The molecule has 0 radical (unpaired) electrons. The van der Waals surface area contributed by atoms with Gasteiger partial charge in [0.25, 0.3) is 0 Å². The minimum Gasteiger partial charge on any atom is -0.383 e. The summed E-state index contributed by atoms with van der Waals surface area (Å²) in [5, 5.41) is 0. The van der Waals surface area contributed by atoms with Gasteiger partial charge in [0.05, 0.1) is 13.2 Å². The molecule has 114 valence electrons. The van der Waals surface area contributed by atoms with Gasteiger partial charge in [0, 0.05) is 39.9 Å². The lowest BCUT2D eigenvalue weighted by atomic mass is 9.99. The molecule has 0 saturated heterocycles. The van der Waals surface area contributed by atoms with E-state index in [2.05, 4.69) is 36.1 Å². The Hall–Kier alpha value is -0.940. The second kappa shape index (κ2) is 9.88. The molecule has 0 saturated carbocycles. The third kappa shape index (κ3) is 6.01. The Morgan fingerprint density at radius 1 is 1.05 bits per heavy atom. The van der Waals surface area contributed by atoms with Gasteiger partial charge in [0.1, 0.15) is 0 Å². The van der Waals surface area contributed by atoms with Crippen molar-refractivity contribution < 1.29 is 9.47 Å². The van der Waals surface area contributed by atoms with E-state index in [9.17, 15) is 0 Å². The normalized spacial score (nSPS) is 12.8. The minimum absolute atomic E-state index is 0.0868. The van der Waals surface area contributed by atoms with Crippen LogP contribution < -0.4 is 5.73 Å². The third-order valence-electron chi connectivity index (χ3n) is 3.57. The molecule has 0 aliphatic rings. The first kappa shape index (κ1) is 17.1. The monoisotopic (exact) mass is 280 g/mol. The Labute approximate surface area is 122 Å². The molecule has 0 spiro atoms. The van der Waals surface area contributed by atoms with Crippen LogP contribution in [0.3, 0.4) is 0 Å². The molecule has 0 aliphatic heterocycles. The molecule has 0 heterocycles. The Morgan fingerprint density at radius 2 is 1.65 bits per heavy atom.